The summed E-state index contributed by atoms with van der Waals surface area (Å²) in [5, 5.41) is 15.0. The van der Waals surface area contributed by atoms with Crippen LogP contribution in [0.15, 0.2) is 78.9 Å². The lowest BCUT2D eigenvalue weighted by Gasteiger charge is -2.23. The molecule has 2 N–H and O–H groups in total. The molecule has 1 atom stereocenters. The molecule has 1 aliphatic heterocycles. The number of carbonyl (C=O) groups excluding carboxylic acids is 2. The maximum atomic E-state index is 13.0. The summed E-state index contributed by atoms with van der Waals surface area (Å²) in [6.07, 6.45) is 0.934. The lowest BCUT2D eigenvalue weighted by molar-refractivity contribution is -0.117. The minimum absolute atomic E-state index is 0.141. The molecule has 0 saturated carbocycles. The second-order valence-electron chi connectivity index (χ2n) is 8.98. The Morgan fingerprint density at radius 1 is 0.917 bits per heavy atom. The molecule has 7 nitrogen and oxygen atoms in total. The van der Waals surface area contributed by atoms with Gasteiger partial charge in [-0.25, -0.2) is 0 Å². The van der Waals surface area contributed by atoms with Crippen molar-refractivity contribution < 1.29 is 9.59 Å². The molecule has 0 aromatic heterocycles. The van der Waals surface area contributed by atoms with Gasteiger partial charge in [-0.05, 0) is 55.3 Å². The molecular formula is C29H31N5O2. The van der Waals surface area contributed by atoms with Gasteiger partial charge in [-0.2, -0.15) is 5.26 Å². The first-order valence-electron chi connectivity index (χ1n) is 12.3. The molecule has 0 bridgehead atoms. The van der Waals surface area contributed by atoms with E-state index in [1.165, 1.54) is 0 Å². The quantitative estimate of drug-likeness (QED) is 0.528. The minimum atomic E-state index is -0.227. The molecule has 1 unspecified atom stereocenters. The zero-order valence-electron chi connectivity index (χ0n) is 20.5. The van der Waals surface area contributed by atoms with Gasteiger partial charge in [-0.15, -0.1) is 0 Å². The van der Waals surface area contributed by atoms with Gasteiger partial charge in [0.25, 0.3) is 5.91 Å². The van der Waals surface area contributed by atoms with Gasteiger partial charge in [0.1, 0.15) is 0 Å². The number of nitrogens with one attached hydrogen (secondary N) is 2. The predicted molar refractivity (Wildman–Crippen MR) is 142 cm³/mol. The van der Waals surface area contributed by atoms with Crippen LogP contribution < -0.4 is 15.5 Å². The average molecular weight is 482 g/mol. The molecule has 2 amide bonds. The summed E-state index contributed by atoms with van der Waals surface area (Å²) in [7, 11) is 0. The zero-order valence-corrected chi connectivity index (χ0v) is 20.5. The highest BCUT2D eigenvalue weighted by Gasteiger charge is 2.20. The first-order chi connectivity index (χ1) is 17.5. The minimum Gasteiger partial charge on any atom is -0.370 e. The van der Waals surface area contributed by atoms with Crippen molar-refractivity contribution in [2.75, 3.05) is 42.9 Å². The number of hydrogen-bond acceptors (Lipinski definition) is 5. The summed E-state index contributed by atoms with van der Waals surface area (Å²) in [5.41, 5.74) is 3.70. The highest BCUT2D eigenvalue weighted by atomic mass is 16.2. The highest BCUT2D eigenvalue weighted by molar-refractivity contribution is 6.04. The van der Waals surface area contributed by atoms with Gasteiger partial charge in [-0.1, -0.05) is 42.5 Å². The van der Waals surface area contributed by atoms with E-state index in [1.807, 2.05) is 67.6 Å². The smallest absolute Gasteiger partial charge is 0.253 e. The van der Waals surface area contributed by atoms with E-state index in [0.717, 1.165) is 43.9 Å². The molecule has 1 aliphatic rings. The van der Waals surface area contributed by atoms with E-state index >= 15 is 0 Å². The Morgan fingerprint density at radius 2 is 1.64 bits per heavy atom. The Kier molecular flexibility index (Phi) is 8.32. The van der Waals surface area contributed by atoms with Crippen LogP contribution in [0.5, 0.6) is 0 Å². The van der Waals surface area contributed by atoms with E-state index in [0.29, 0.717) is 16.8 Å². The van der Waals surface area contributed by atoms with Gasteiger partial charge in [0.15, 0.2) is 0 Å². The Balaban J connectivity index is 1.33. The molecule has 0 spiro atoms. The Bertz CT molecular complexity index is 1220. The van der Waals surface area contributed by atoms with Gasteiger partial charge >= 0.3 is 0 Å². The summed E-state index contributed by atoms with van der Waals surface area (Å²) in [6, 6.07) is 26.5. The maximum Gasteiger partial charge on any atom is 0.253 e. The number of anilines is 2. The first kappa shape index (κ1) is 25.0. The molecule has 1 fully saturated rings. The van der Waals surface area contributed by atoms with Crippen molar-refractivity contribution in [3.63, 3.8) is 0 Å². The Morgan fingerprint density at radius 3 is 2.39 bits per heavy atom. The molecular weight excluding hydrogens is 450 g/mol. The number of rotatable bonds is 7. The number of amides is 2. The molecule has 0 aliphatic carbocycles. The molecule has 1 saturated heterocycles. The van der Waals surface area contributed by atoms with Crippen molar-refractivity contribution in [2.24, 2.45) is 0 Å². The number of benzene rings is 3. The van der Waals surface area contributed by atoms with Crippen LogP contribution >= 0.6 is 0 Å². The molecule has 0 radical (unpaired) electrons. The fraction of sp³-hybridized carbons (Fsp3) is 0.276. The van der Waals surface area contributed by atoms with Crippen molar-refractivity contribution in [1.29, 1.82) is 5.26 Å². The van der Waals surface area contributed by atoms with Crippen molar-refractivity contribution in [1.82, 2.24) is 10.2 Å². The van der Waals surface area contributed by atoms with Crippen LogP contribution in [-0.4, -0.2) is 49.4 Å². The van der Waals surface area contributed by atoms with Crippen molar-refractivity contribution in [3.8, 4) is 6.07 Å². The van der Waals surface area contributed by atoms with Gasteiger partial charge in [0.2, 0.25) is 5.91 Å². The molecule has 3 aromatic carbocycles. The Labute approximate surface area is 212 Å². The van der Waals surface area contributed by atoms with E-state index in [2.05, 4.69) is 26.5 Å². The third kappa shape index (κ3) is 6.49. The summed E-state index contributed by atoms with van der Waals surface area (Å²) < 4.78 is 0. The monoisotopic (exact) mass is 481 g/mol. The van der Waals surface area contributed by atoms with E-state index in [9.17, 15) is 9.59 Å². The predicted octanol–water partition coefficient (Wildman–Crippen LogP) is 4.20. The van der Waals surface area contributed by atoms with Gasteiger partial charge in [-0.3, -0.25) is 14.5 Å². The fourth-order valence-electron chi connectivity index (χ4n) is 4.42. The Hall–Kier alpha value is -4.15. The van der Waals surface area contributed by atoms with Crippen LogP contribution in [-0.2, 0) is 4.79 Å². The van der Waals surface area contributed by atoms with E-state index in [4.69, 9.17) is 5.26 Å². The second-order valence-corrected chi connectivity index (χ2v) is 8.98. The van der Waals surface area contributed by atoms with Crippen LogP contribution in [0.3, 0.4) is 0 Å². The maximum absolute atomic E-state index is 13.0. The van der Waals surface area contributed by atoms with Gasteiger partial charge in [0, 0.05) is 31.9 Å². The van der Waals surface area contributed by atoms with Crippen LogP contribution in [0.2, 0.25) is 0 Å². The van der Waals surface area contributed by atoms with Crippen LogP contribution in [0.4, 0.5) is 11.4 Å². The topological polar surface area (TPSA) is 88.5 Å². The standard InChI is InChI=1S/C29H31N5O2/c1-22(24-8-3-2-4-9-24)31-29(36)26-10-5-6-11-27(26)32-28(35)21-33-16-7-17-34(19-18-33)25-14-12-23(20-30)13-15-25/h2-6,8-15,22H,7,16-19,21H2,1H3,(H,31,36)(H,32,35). The summed E-state index contributed by atoms with van der Waals surface area (Å²) in [4.78, 5) is 30.3. The second kappa shape index (κ2) is 12.0. The third-order valence-corrected chi connectivity index (χ3v) is 6.41. The van der Waals surface area contributed by atoms with Crippen molar-refractivity contribution >= 4 is 23.2 Å². The largest absolute Gasteiger partial charge is 0.370 e. The molecule has 184 valence electrons. The molecule has 7 heteroatoms. The van der Waals surface area contributed by atoms with E-state index in [1.54, 1.807) is 18.2 Å². The summed E-state index contributed by atoms with van der Waals surface area (Å²) in [6.45, 7) is 5.47. The number of carbonyl (C=O) groups is 2. The molecule has 36 heavy (non-hydrogen) atoms. The van der Waals surface area contributed by atoms with Crippen LogP contribution in [0.25, 0.3) is 0 Å². The SMILES string of the molecule is CC(NC(=O)c1ccccc1NC(=O)CN1CCCN(c2ccc(C#N)cc2)CC1)c1ccccc1. The first-order valence-corrected chi connectivity index (χ1v) is 12.3. The average Bonchev–Trinajstić information content (AvgIpc) is 3.15. The van der Waals surface area contributed by atoms with E-state index in [-0.39, 0.29) is 24.4 Å². The number of hydrogen-bond donors (Lipinski definition) is 2. The highest BCUT2D eigenvalue weighted by Crippen LogP contribution is 2.19. The number of nitrogens with zero attached hydrogens (tertiary/aromatic N) is 3. The number of nitriles is 1. The lowest BCUT2D eigenvalue weighted by atomic mass is 10.1. The lowest BCUT2D eigenvalue weighted by Crippen LogP contribution is -2.36. The van der Waals surface area contributed by atoms with Crippen LogP contribution in [0.1, 0.15) is 40.9 Å². The fourth-order valence-corrected chi connectivity index (χ4v) is 4.42. The zero-order chi connectivity index (χ0) is 25.3. The normalized spacial score (nSPS) is 14.8. The third-order valence-electron chi connectivity index (χ3n) is 6.41. The van der Waals surface area contributed by atoms with Gasteiger partial charge in [0.05, 0.1) is 35.5 Å². The van der Waals surface area contributed by atoms with Gasteiger partial charge < -0.3 is 15.5 Å². The summed E-state index contributed by atoms with van der Waals surface area (Å²) in [5.74, 6) is -0.367. The van der Waals surface area contributed by atoms with Crippen LogP contribution in [0, 0.1) is 11.3 Å². The van der Waals surface area contributed by atoms with E-state index < -0.39 is 0 Å². The number of para-hydroxylation sites is 1. The van der Waals surface area contributed by atoms with Crippen molar-refractivity contribution in [3.05, 3.63) is 95.6 Å². The molecule has 1 heterocycles. The summed E-state index contributed by atoms with van der Waals surface area (Å²) >= 11 is 0. The molecule has 3 aromatic rings. The van der Waals surface area contributed by atoms with Crippen molar-refractivity contribution in [2.45, 2.75) is 19.4 Å². The molecule has 4 rings (SSSR count).